The zero-order valence-electron chi connectivity index (χ0n) is 18.3. The zero-order valence-corrected chi connectivity index (χ0v) is 18.3. The number of nitrogens with two attached hydrogens (primary N) is 3. The molecule has 13 heteroatoms. The maximum atomic E-state index is 12.6. The molecule has 0 fully saturated rings. The number of amides is 3. The molecule has 0 saturated carbocycles. The van der Waals surface area contributed by atoms with Crippen molar-refractivity contribution in [3.05, 3.63) is 35.4 Å². The largest absolute Gasteiger partial charge is 0.416 e. The number of alkyl halides is 3. The summed E-state index contributed by atoms with van der Waals surface area (Å²) in [4.78, 5) is 37.8. The van der Waals surface area contributed by atoms with Crippen LogP contribution in [0.4, 0.5) is 13.2 Å². The monoisotopic (exact) mass is 476 g/mol. The maximum Gasteiger partial charge on any atom is 0.416 e. The molecule has 0 bridgehead atoms. The Hall–Kier alpha value is -2.74. The molecule has 0 aliphatic rings. The number of aliphatic hydroxyl groups excluding tert-OH is 1. The summed E-state index contributed by atoms with van der Waals surface area (Å²) in [5, 5.41) is 15.0. The summed E-state index contributed by atoms with van der Waals surface area (Å²) in [5.41, 5.74) is 15.9. The predicted octanol–water partition coefficient (Wildman–Crippen LogP) is -1.18. The summed E-state index contributed by atoms with van der Waals surface area (Å²) in [6.07, 6.45) is -6.07. The average Bonchev–Trinajstić information content (AvgIpc) is 2.76. The van der Waals surface area contributed by atoms with E-state index in [-0.39, 0.29) is 38.2 Å². The van der Waals surface area contributed by atoms with E-state index in [0.717, 1.165) is 24.3 Å². The molecule has 3 atom stereocenters. The third-order valence-corrected chi connectivity index (χ3v) is 4.75. The normalized spacial score (nSPS) is 14.2. The Morgan fingerprint density at radius 1 is 1.09 bits per heavy atom. The van der Waals surface area contributed by atoms with Gasteiger partial charge in [0.15, 0.2) is 0 Å². The van der Waals surface area contributed by atoms with Gasteiger partial charge in [0, 0.05) is 26.2 Å². The lowest BCUT2D eigenvalue weighted by Crippen LogP contribution is -2.49. The van der Waals surface area contributed by atoms with Crippen LogP contribution in [0, 0.1) is 0 Å². The fourth-order valence-corrected chi connectivity index (χ4v) is 2.92. The lowest BCUT2D eigenvalue weighted by Gasteiger charge is -2.23. The van der Waals surface area contributed by atoms with Crippen molar-refractivity contribution in [2.45, 2.75) is 37.7 Å². The molecular formula is C20H31F3N6O4. The Kier molecular flexibility index (Phi) is 11.2. The minimum absolute atomic E-state index is 0.180. The number of nitrogens with zero attached hydrogens (tertiary/aromatic N) is 1. The van der Waals surface area contributed by atoms with Crippen LogP contribution in [-0.2, 0) is 20.6 Å². The van der Waals surface area contributed by atoms with E-state index in [9.17, 15) is 32.7 Å². The number of hydrogen-bond donors (Lipinski definition) is 6. The average molecular weight is 477 g/mol. The van der Waals surface area contributed by atoms with Gasteiger partial charge in [0.05, 0.1) is 36.7 Å². The van der Waals surface area contributed by atoms with Gasteiger partial charge in [-0.1, -0.05) is 12.1 Å². The highest BCUT2D eigenvalue weighted by Crippen LogP contribution is 2.30. The molecule has 0 heterocycles. The third-order valence-electron chi connectivity index (χ3n) is 4.75. The molecule has 1 aromatic carbocycles. The molecule has 1 aromatic rings. The molecule has 10 nitrogen and oxygen atoms in total. The van der Waals surface area contributed by atoms with Crippen molar-refractivity contribution in [2.24, 2.45) is 17.2 Å². The van der Waals surface area contributed by atoms with E-state index in [2.05, 4.69) is 10.6 Å². The molecule has 0 aliphatic heterocycles. The summed E-state index contributed by atoms with van der Waals surface area (Å²) in [7, 11) is 0. The van der Waals surface area contributed by atoms with E-state index >= 15 is 0 Å². The summed E-state index contributed by atoms with van der Waals surface area (Å²) in [5.74, 6) is -1.78. The van der Waals surface area contributed by atoms with Crippen LogP contribution in [-0.4, -0.2) is 72.5 Å². The fraction of sp³-hybridized carbons (Fsp3) is 0.550. The lowest BCUT2D eigenvalue weighted by molar-refractivity contribution is -0.137. The second-order valence-electron chi connectivity index (χ2n) is 7.41. The maximum absolute atomic E-state index is 12.6. The topological polar surface area (TPSA) is 177 Å². The van der Waals surface area contributed by atoms with Crippen molar-refractivity contribution in [1.29, 1.82) is 0 Å². The standard InChI is InChI=1S/C20H31F3N6O4/c1-12(18(32)13-2-4-14(5-3-13)20(21,22)23)28-16(30)11-27-19(33)15(26)10-17(31)29(8-6-24)9-7-25/h2-5,12,15,18,32H,6-11,24-26H2,1H3,(H,27,33)(H,28,30)/t12?,15-,18-/m0/s1. The molecule has 1 rings (SSSR count). The molecule has 3 amide bonds. The van der Waals surface area contributed by atoms with Gasteiger partial charge in [0.25, 0.3) is 0 Å². The van der Waals surface area contributed by atoms with Gasteiger partial charge >= 0.3 is 6.18 Å². The Labute approximate surface area is 189 Å². The molecule has 33 heavy (non-hydrogen) atoms. The lowest BCUT2D eigenvalue weighted by atomic mass is 10.0. The van der Waals surface area contributed by atoms with E-state index in [0.29, 0.717) is 0 Å². The Morgan fingerprint density at radius 2 is 1.64 bits per heavy atom. The van der Waals surface area contributed by atoms with Crippen LogP contribution in [0.15, 0.2) is 24.3 Å². The molecular weight excluding hydrogens is 445 g/mol. The van der Waals surface area contributed by atoms with Gasteiger partial charge in [-0.2, -0.15) is 13.2 Å². The number of halogens is 3. The minimum Gasteiger partial charge on any atom is -0.386 e. The van der Waals surface area contributed by atoms with Crippen LogP contribution in [0.5, 0.6) is 0 Å². The number of nitrogens with one attached hydrogen (secondary N) is 2. The second kappa shape index (κ2) is 13.1. The van der Waals surface area contributed by atoms with Crippen molar-refractivity contribution in [3.63, 3.8) is 0 Å². The fourth-order valence-electron chi connectivity index (χ4n) is 2.92. The number of aliphatic hydroxyl groups is 1. The van der Waals surface area contributed by atoms with Gasteiger partial charge in [0.1, 0.15) is 0 Å². The summed E-state index contributed by atoms with van der Waals surface area (Å²) >= 11 is 0. The van der Waals surface area contributed by atoms with Crippen molar-refractivity contribution in [2.75, 3.05) is 32.7 Å². The van der Waals surface area contributed by atoms with Gasteiger partial charge in [-0.25, -0.2) is 0 Å². The molecule has 0 saturated heterocycles. The Balaban J connectivity index is 2.52. The highest BCUT2D eigenvalue weighted by atomic mass is 19.4. The Morgan fingerprint density at radius 3 is 2.12 bits per heavy atom. The van der Waals surface area contributed by atoms with Gasteiger partial charge in [0.2, 0.25) is 17.7 Å². The molecule has 0 aliphatic carbocycles. The number of rotatable bonds is 12. The van der Waals surface area contributed by atoms with E-state index < -0.39 is 54.2 Å². The van der Waals surface area contributed by atoms with Crippen LogP contribution in [0.3, 0.4) is 0 Å². The van der Waals surface area contributed by atoms with Crippen molar-refractivity contribution in [3.8, 4) is 0 Å². The van der Waals surface area contributed by atoms with Crippen molar-refractivity contribution < 1.29 is 32.7 Å². The molecule has 9 N–H and O–H groups in total. The summed E-state index contributed by atoms with van der Waals surface area (Å²) in [6.45, 7) is 1.97. The molecule has 0 aromatic heterocycles. The van der Waals surface area contributed by atoms with Gasteiger partial charge in [-0.15, -0.1) is 0 Å². The first-order valence-corrected chi connectivity index (χ1v) is 10.3. The van der Waals surface area contributed by atoms with Crippen molar-refractivity contribution in [1.82, 2.24) is 15.5 Å². The number of benzene rings is 1. The van der Waals surface area contributed by atoms with Gasteiger partial charge in [-0.05, 0) is 24.6 Å². The highest BCUT2D eigenvalue weighted by molar-refractivity contribution is 5.90. The smallest absolute Gasteiger partial charge is 0.386 e. The SMILES string of the molecule is CC(NC(=O)CNC(=O)[C@@H](N)CC(=O)N(CCN)CCN)[C@H](O)c1ccc(C(F)(F)F)cc1. The van der Waals surface area contributed by atoms with E-state index in [1.807, 2.05) is 0 Å². The van der Waals surface area contributed by atoms with Crippen LogP contribution >= 0.6 is 0 Å². The van der Waals surface area contributed by atoms with E-state index in [4.69, 9.17) is 17.2 Å². The molecule has 1 unspecified atom stereocenters. The Bertz CT molecular complexity index is 785. The highest BCUT2D eigenvalue weighted by Gasteiger charge is 2.30. The van der Waals surface area contributed by atoms with Gasteiger partial charge in [-0.3, -0.25) is 14.4 Å². The molecule has 0 radical (unpaired) electrons. The van der Waals surface area contributed by atoms with Crippen LogP contribution in [0.2, 0.25) is 0 Å². The van der Waals surface area contributed by atoms with E-state index in [1.165, 1.54) is 11.8 Å². The first-order valence-electron chi connectivity index (χ1n) is 10.3. The van der Waals surface area contributed by atoms with Gasteiger partial charge < -0.3 is 37.8 Å². The van der Waals surface area contributed by atoms with Crippen LogP contribution in [0.25, 0.3) is 0 Å². The van der Waals surface area contributed by atoms with E-state index in [1.54, 1.807) is 0 Å². The number of carbonyl (C=O) groups is 3. The van der Waals surface area contributed by atoms with Crippen molar-refractivity contribution >= 4 is 17.7 Å². The first-order chi connectivity index (χ1) is 15.4. The molecule has 186 valence electrons. The third kappa shape index (κ3) is 9.34. The zero-order chi connectivity index (χ0) is 25.2. The minimum atomic E-state index is -4.50. The summed E-state index contributed by atoms with van der Waals surface area (Å²) in [6, 6.07) is 1.84. The van der Waals surface area contributed by atoms with Crippen LogP contribution in [0.1, 0.15) is 30.6 Å². The first kappa shape index (κ1) is 28.3. The number of carbonyl (C=O) groups excluding carboxylic acids is 3. The number of hydrogen-bond acceptors (Lipinski definition) is 7. The second-order valence-corrected chi connectivity index (χ2v) is 7.41. The predicted molar refractivity (Wildman–Crippen MR) is 114 cm³/mol. The summed E-state index contributed by atoms with van der Waals surface area (Å²) < 4.78 is 37.9. The van der Waals surface area contributed by atoms with Crippen LogP contribution < -0.4 is 27.8 Å². The quantitative estimate of drug-likeness (QED) is 0.220. The molecule has 0 spiro atoms.